The van der Waals surface area contributed by atoms with Gasteiger partial charge in [0.15, 0.2) is 5.82 Å². The monoisotopic (exact) mass is 235 g/mol. The number of nitrogens with one attached hydrogen (secondary N) is 1. The van der Waals surface area contributed by atoms with Gasteiger partial charge in [-0.2, -0.15) is 10.4 Å². The molecule has 0 aliphatic rings. The Bertz CT molecular complexity index is 374. The van der Waals surface area contributed by atoms with Gasteiger partial charge in [0.1, 0.15) is 6.07 Å². The molecule has 1 heterocycles. The highest BCUT2D eigenvalue weighted by molar-refractivity contribution is 5.49. The van der Waals surface area contributed by atoms with E-state index >= 15 is 0 Å². The molecule has 0 aromatic carbocycles. The first-order valence-corrected chi connectivity index (χ1v) is 5.42. The second-order valence-corrected chi connectivity index (χ2v) is 3.75. The molecule has 1 aromatic rings. The third-order valence-corrected chi connectivity index (χ3v) is 2.06. The molecule has 1 rings (SSSR count). The van der Waals surface area contributed by atoms with E-state index in [0.29, 0.717) is 31.1 Å². The van der Waals surface area contributed by atoms with Crippen molar-refractivity contribution >= 4 is 5.82 Å². The van der Waals surface area contributed by atoms with Crippen molar-refractivity contribution in [1.82, 2.24) is 15.1 Å². The van der Waals surface area contributed by atoms with E-state index in [4.69, 9.17) is 10.00 Å². The minimum absolute atomic E-state index is 0.494. The minimum atomic E-state index is 0.494. The van der Waals surface area contributed by atoms with Crippen LogP contribution in [0.15, 0.2) is 12.3 Å². The summed E-state index contributed by atoms with van der Waals surface area (Å²) in [5, 5.41) is 19.4. The zero-order valence-corrected chi connectivity index (χ0v) is 10.2. The summed E-state index contributed by atoms with van der Waals surface area (Å²) < 4.78 is 5.40. The van der Waals surface area contributed by atoms with Gasteiger partial charge in [-0.3, -0.25) is 0 Å². The molecule has 17 heavy (non-hydrogen) atoms. The molecule has 0 saturated heterocycles. The minimum Gasteiger partial charge on any atom is -0.378 e. The van der Waals surface area contributed by atoms with Crippen molar-refractivity contribution in [2.75, 3.05) is 45.7 Å². The normalized spacial score (nSPS) is 10.2. The lowest BCUT2D eigenvalue weighted by molar-refractivity contribution is 0.126. The van der Waals surface area contributed by atoms with Gasteiger partial charge >= 0.3 is 0 Å². The van der Waals surface area contributed by atoms with Crippen LogP contribution in [0, 0.1) is 11.3 Å². The molecular formula is C11H17N5O. The van der Waals surface area contributed by atoms with Crippen LogP contribution in [0.5, 0.6) is 0 Å². The van der Waals surface area contributed by atoms with Crippen LogP contribution in [0.2, 0.25) is 0 Å². The summed E-state index contributed by atoms with van der Waals surface area (Å²) in [5.74, 6) is 0.506. The maximum Gasteiger partial charge on any atom is 0.166 e. The number of anilines is 1. The smallest absolute Gasteiger partial charge is 0.166 e. The third-order valence-electron chi connectivity index (χ3n) is 2.06. The molecule has 0 aliphatic heterocycles. The molecule has 1 aromatic heterocycles. The quantitative estimate of drug-likeness (QED) is 0.687. The molecule has 0 unspecified atom stereocenters. The van der Waals surface area contributed by atoms with Gasteiger partial charge in [0.2, 0.25) is 0 Å². The Balaban J connectivity index is 2.20. The van der Waals surface area contributed by atoms with Gasteiger partial charge in [-0.15, -0.1) is 5.10 Å². The van der Waals surface area contributed by atoms with Gasteiger partial charge in [0.25, 0.3) is 0 Å². The summed E-state index contributed by atoms with van der Waals surface area (Å²) >= 11 is 0. The van der Waals surface area contributed by atoms with E-state index in [0.717, 1.165) is 6.54 Å². The highest BCUT2D eigenvalue weighted by Gasteiger charge is 2.01. The molecule has 0 aliphatic carbocycles. The van der Waals surface area contributed by atoms with Gasteiger partial charge in [-0.05, 0) is 20.2 Å². The zero-order valence-electron chi connectivity index (χ0n) is 10.2. The van der Waals surface area contributed by atoms with Gasteiger partial charge in [0, 0.05) is 13.1 Å². The Morgan fingerprint density at radius 2 is 2.29 bits per heavy atom. The summed E-state index contributed by atoms with van der Waals surface area (Å²) in [6.45, 7) is 2.78. The van der Waals surface area contributed by atoms with Crippen LogP contribution in [-0.2, 0) is 4.74 Å². The Morgan fingerprint density at radius 1 is 1.47 bits per heavy atom. The van der Waals surface area contributed by atoms with E-state index in [2.05, 4.69) is 26.5 Å². The molecule has 0 spiro atoms. The molecule has 92 valence electrons. The summed E-state index contributed by atoms with van der Waals surface area (Å²) in [6, 6.07) is 3.68. The Kier molecular flexibility index (Phi) is 5.93. The Hall–Kier alpha value is -1.71. The maximum atomic E-state index is 8.83. The van der Waals surface area contributed by atoms with Crippen molar-refractivity contribution in [2.24, 2.45) is 0 Å². The standard InChI is InChI=1S/C11H17N5O/c1-16(2)6-8-17-7-5-13-11-10(9-12)3-4-14-15-11/h3-4H,5-8H2,1-2H3,(H,13,15). The van der Waals surface area contributed by atoms with Gasteiger partial charge in [0.05, 0.1) is 25.0 Å². The summed E-state index contributed by atoms with van der Waals surface area (Å²) in [7, 11) is 4.00. The maximum absolute atomic E-state index is 8.83. The number of ether oxygens (including phenoxy) is 1. The van der Waals surface area contributed by atoms with Gasteiger partial charge in [-0.25, -0.2) is 0 Å². The Labute approximate surface area is 101 Å². The SMILES string of the molecule is CN(C)CCOCCNc1nnccc1C#N. The molecular weight excluding hydrogens is 218 g/mol. The average molecular weight is 235 g/mol. The molecule has 0 saturated carbocycles. The predicted octanol–water partition coefficient (Wildman–Crippen LogP) is 0.338. The van der Waals surface area contributed by atoms with E-state index < -0.39 is 0 Å². The third kappa shape index (κ3) is 5.24. The van der Waals surface area contributed by atoms with Crippen molar-refractivity contribution in [3.05, 3.63) is 17.8 Å². The molecule has 6 heteroatoms. The molecule has 0 fully saturated rings. The van der Waals surface area contributed by atoms with Crippen LogP contribution in [0.4, 0.5) is 5.82 Å². The highest BCUT2D eigenvalue weighted by atomic mass is 16.5. The van der Waals surface area contributed by atoms with Crippen molar-refractivity contribution < 1.29 is 4.74 Å². The van der Waals surface area contributed by atoms with E-state index in [1.807, 2.05) is 14.1 Å². The second kappa shape index (κ2) is 7.54. The predicted molar refractivity (Wildman–Crippen MR) is 64.6 cm³/mol. The first-order chi connectivity index (χ1) is 8.24. The van der Waals surface area contributed by atoms with E-state index in [1.54, 1.807) is 6.07 Å². The van der Waals surface area contributed by atoms with Gasteiger partial charge in [-0.1, -0.05) is 0 Å². The molecule has 0 amide bonds. The fourth-order valence-electron chi connectivity index (χ4n) is 1.14. The molecule has 6 nitrogen and oxygen atoms in total. The number of likely N-dealkylation sites (N-methyl/N-ethyl adjacent to an activating group) is 1. The lowest BCUT2D eigenvalue weighted by Crippen LogP contribution is -2.20. The number of hydrogen-bond donors (Lipinski definition) is 1. The molecule has 0 radical (unpaired) electrons. The average Bonchev–Trinajstić information content (AvgIpc) is 2.33. The molecule has 1 N–H and O–H groups in total. The van der Waals surface area contributed by atoms with Crippen molar-refractivity contribution in [1.29, 1.82) is 5.26 Å². The second-order valence-electron chi connectivity index (χ2n) is 3.75. The van der Waals surface area contributed by atoms with Crippen LogP contribution in [0.25, 0.3) is 0 Å². The Morgan fingerprint density at radius 3 is 3.00 bits per heavy atom. The van der Waals surface area contributed by atoms with Crippen LogP contribution in [-0.4, -0.2) is 55.5 Å². The number of rotatable bonds is 7. The lowest BCUT2D eigenvalue weighted by atomic mass is 10.3. The van der Waals surface area contributed by atoms with E-state index in [9.17, 15) is 0 Å². The van der Waals surface area contributed by atoms with E-state index in [1.165, 1.54) is 6.20 Å². The van der Waals surface area contributed by atoms with Crippen LogP contribution < -0.4 is 5.32 Å². The van der Waals surface area contributed by atoms with Crippen LogP contribution in [0.1, 0.15) is 5.56 Å². The number of nitrogens with zero attached hydrogens (tertiary/aromatic N) is 4. The molecule has 0 bridgehead atoms. The fourth-order valence-corrected chi connectivity index (χ4v) is 1.14. The largest absolute Gasteiger partial charge is 0.378 e. The zero-order chi connectivity index (χ0) is 12.5. The highest BCUT2D eigenvalue weighted by Crippen LogP contribution is 2.06. The van der Waals surface area contributed by atoms with Crippen molar-refractivity contribution in [3.63, 3.8) is 0 Å². The summed E-state index contributed by atoms with van der Waals surface area (Å²) in [5.41, 5.74) is 0.494. The molecule has 0 atom stereocenters. The first-order valence-electron chi connectivity index (χ1n) is 5.42. The van der Waals surface area contributed by atoms with Gasteiger partial charge < -0.3 is 15.0 Å². The summed E-state index contributed by atoms with van der Waals surface area (Å²) in [4.78, 5) is 2.06. The number of hydrogen-bond acceptors (Lipinski definition) is 6. The fraction of sp³-hybridized carbons (Fsp3) is 0.545. The topological polar surface area (TPSA) is 74.1 Å². The van der Waals surface area contributed by atoms with E-state index in [-0.39, 0.29) is 0 Å². The summed E-state index contributed by atoms with van der Waals surface area (Å²) in [6.07, 6.45) is 1.50. The van der Waals surface area contributed by atoms with Crippen LogP contribution in [0.3, 0.4) is 0 Å². The van der Waals surface area contributed by atoms with Crippen LogP contribution >= 0.6 is 0 Å². The van der Waals surface area contributed by atoms with Crippen molar-refractivity contribution in [3.8, 4) is 6.07 Å². The van der Waals surface area contributed by atoms with Crippen molar-refractivity contribution in [2.45, 2.75) is 0 Å². The number of nitriles is 1. The first kappa shape index (κ1) is 13.4. The number of aromatic nitrogens is 2. The lowest BCUT2D eigenvalue weighted by Gasteiger charge is -2.10.